The third-order valence-corrected chi connectivity index (χ3v) is 7.50. The normalized spacial score (nSPS) is 16.7. The molecule has 0 saturated carbocycles. The van der Waals surface area contributed by atoms with Crippen molar-refractivity contribution in [3.63, 3.8) is 0 Å². The number of hydrogen-bond donors (Lipinski definition) is 1. The summed E-state index contributed by atoms with van der Waals surface area (Å²) in [6, 6.07) is 16.4. The van der Waals surface area contributed by atoms with Crippen LogP contribution in [0, 0.1) is 6.92 Å². The van der Waals surface area contributed by atoms with Gasteiger partial charge in [0, 0.05) is 24.0 Å². The summed E-state index contributed by atoms with van der Waals surface area (Å²) in [4.78, 5) is 16.0. The van der Waals surface area contributed by atoms with Crippen LogP contribution < -0.4 is 4.72 Å². The molecular weight excluding hydrogens is 392 g/mol. The van der Waals surface area contributed by atoms with Gasteiger partial charge in [0.1, 0.15) is 0 Å². The van der Waals surface area contributed by atoms with Crippen molar-refractivity contribution >= 4 is 27.7 Å². The first kappa shape index (κ1) is 20.9. The van der Waals surface area contributed by atoms with E-state index in [-0.39, 0.29) is 22.1 Å². The number of aryl methyl sites for hydroxylation is 1. The second-order valence-corrected chi connectivity index (χ2v) is 10.2. The number of likely N-dealkylation sites (tertiary alicyclic amines) is 1. The molecule has 1 fully saturated rings. The topological polar surface area (TPSA) is 66.5 Å². The summed E-state index contributed by atoms with van der Waals surface area (Å²) in [5, 5.41) is -0.166. The maximum atomic E-state index is 12.7. The molecular formula is C21H26N2O3S2. The van der Waals surface area contributed by atoms with E-state index in [2.05, 4.69) is 4.72 Å². The smallest absolute Gasteiger partial charge is 0.240 e. The highest BCUT2D eigenvalue weighted by atomic mass is 32.2. The van der Waals surface area contributed by atoms with Crippen LogP contribution in [0.4, 0.5) is 0 Å². The van der Waals surface area contributed by atoms with E-state index < -0.39 is 10.0 Å². The molecule has 150 valence electrons. The number of hydrogen-bond acceptors (Lipinski definition) is 4. The number of carbonyl (C=O) groups is 1. The number of thioether (sulfide) groups is 1. The minimum atomic E-state index is -3.52. The SMILES string of the molecule is Cc1ccc(S[C@@H](C)C(=O)N2CCC(NS(=O)(=O)c3ccccc3)CC2)cc1. The lowest BCUT2D eigenvalue weighted by atomic mass is 10.1. The summed E-state index contributed by atoms with van der Waals surface area (Å²) in [7, 11) is -3.52. The Kier molecular flexibility index (Phi) is 6.80. The molecule has 2 aromatic carbocycles. The molecule has 1 heterocycles. The van der Waals surface area contributed by atoms with E-state index in [1.54, 1.807) is 42.1 Å². The van der Waals surface area contributed by atoms with Crippen LogP contribution in [0.1, 0.15) is 25.3 Å². The van der Waals surface area contributed by atoms with E-state index in [4.69, 9.17) is 0 Å². The van der Waals surface area contributed by atoms with E-state index in [0.29, 0.717) is 25.9 Å². The lowest BCUT2D eigenvalue weighted by Crippen LogP contribution is -2.48. The van der Waals surface area contributed by atoms with Crippen molar-refractivity contribution in [2.75, 3.05) is 13.1 Å². The molecule has 1 N–H and O–H groups in total. The van der Waals surface area contributed by atoms with Crippen molar-refractivity contribution in [2.24, 2.45) is 0 Å². The number of carbonyl (C=O) groups excluding carboxylic acids is 1. The predicted molar refractivity (Wildman–Crippen MR) is 113 cm³/mol. The van der Waals surface area contributed by atoms with Gasteiger partial charge in [0.25, 0.3) is 0 Å². The molecule has 0 unspecified atom stereocenters. The number of benzene rings is 2. The molecule has 28 heavy (non-hydrogen) atoms. The van der Waals surface area contributed by atoms with E-state index >= 15 is 0 Å². The van der Waals surface area contributed by atoms with Crippen molar-refractivity contribution < 1.29 is 13.2 Å². The van der Waals surface area contributed by atoms with E-state index in [9.17, 15) is 13.2 Å². The first-order chi connectivity index (χ1) is 13.3. The Morgan fingerprint density at radius 2 is 1.68 bits per heavy atom. The van der Waals surface area contributed by atoms with Gasteiger partial charge < -0.3 is 4.90 Å². The highest BCUT2D eigenvalue weighted by molar-refractivity contribution is 8.00. The Morgan fingerprint density at radius 3 is 2.29 bits per heavy atom. The van der Waals surface area contributed by atoms with Crippen LogP contribution in [0.2, 0.25) is 0 Å². The number of piperidine rings is 1. The van der Waals surface area contributed by atoms with Crippen LogP contribution in [-0.2, 0) is 14.8 Å². The molecule has 3 rings (SSSR count). The number of rotatable bonds is 6. The Balaban J connectivity index is 1.51. The molecule has 0 spiro atoms. The number of amides is 1. The van der Waals surface area contributed by atoms with Gasteiger partial charge in [0.05, 0.1) is 10.1 Å². The fourth-order valence-electron chi connectivity index (χ4n) is 3.23. The van der Waals surface area contributed by atoms with Crippen LogP contribution in [0.3, 0.4) is 0 Å². The molecule has 0 aliphatic carbocycles. The monoisotopic (exact) mass is 418 g/mol. The van der Waals surface area contributed by atoms with Crippen LogP contribution in [0.15, 0.2) is 64.4 Å². The third-order valence-electron chi connectivity index (χ3n) is 4.86. The summed E-state index contributed by atoms with van der Waals surface area (Å²) >= 11 is 1.56. The molecule has 5 nitrogen and oxygen atoms in total. The lowest BCUT2D eigenvalue weighted by molar-refractivity contribution is -0.131. The van der Waals surface area contributed by atoms with Gasteiger partial charge in [-0.3, -0.25) is 4.79 Å². The van der Waals surface area contributed by atoms with E-state index in [1.807, 2.05) is 43.0 Å². The van der Waals surface area contributed by atoms with Gasteiger partial charge in [-0.05, 0) is 51.0 Å². The second kappa shape index (κ2) is 9.11. The zero-order valence-corrected chi connectivity index (χ0v) is 17.8. The fourth-order valence-corrected chi connectivity index (χ4v) is 5.51. The number of sulfonamides is 1. The minimum Gasteiger partial charge on any atom is -0.342 e. The van der Waals surface area contributed by atoms with Gasteiger partial charge in [0.2, 0.25) is 15.9 Å². The van der Waals surface area contributed by atoms with Crippen LogP contribution >= 0.6 is 11.8 Å². The molecule has 1 saturated heterocycles. The van der Waals surface area contributed by atoms with Crippen molar-refractivity contribution in [1.29, 1.82) is 0 Å². The zero-order chi connectivity index (χ0) is 20.1. The van der Waals surface area contributed by atoms with Crippen LogP contribution in [0.5, 0.6) is 0 Å². The van der Waals surface area contributed by atoms with Crippen LogP contribution in [0.25, 0.3) is 0 Å². The molecule has 1 amide bonds. The van der Waals surface area contributed by atoms with Gasteiger partial charge in [-0.15, -0.1) is 11.8 Å². The Labute approximate surface area is 171 Å². The lowest BCUT2D eigenvalue weighted by Gasteiger charge is -2.33. The van der Waals surface area contributed by atoms with Gasteiger partial charge >= 0.3 is 0 Å². The molecule has 7 heteroatoms. The van der Waals surface area contributed by atoms with Gasteiger partial charge in [-0.25, -0.2) is 13.1 Å². The molecule has 1 aliphatic rings. The summed E-state index contributed by atoms with van der Waals surface area (Å²) in [5.41, 5.74) is 1.20. The second-order valence-electron chi connectivity index (χ2n) is 7.11. The number of nitrogens with one attached hydrogen (secondary N) is 1. The van der Waals surface area contributed by atoms with Gasteiger partial charge in [-0.1, -0.05) is 35.9 Å². The molecule has 1 atom stereocenters. The Bertz CT molecular complexity index is 891. The standard InChI is InChI=1S/C21H26N2O3S2/c1-16-8-10-19(11-9-16)27-17(2)21(24)23-14-12-18(13-15-23)22-28(25,26)20-6-4-3-5-7-20/h3-11,17-18,22H,12-15H2,1-2H3/t17-/m0/s1. The highest BCUT2D eigenvalue weighted by Crippen LogP contribution is 2.26. The van der Waals surface area contributed by atoms with Crippen molar-refractivity contribution in [1.82, 2.24) is 9.62 Å². The maximum absolute atomic E-state index is 12.7. The molecule has 0 bridgehead atoms. The average molecular weight is 419 g/mol. The summed E-state index contributed by atoms with van der Waals surface area (Å²) in [5.74, 6) is 0.106. The average Bonchev–Trinajstić information content (AvgIpc) is 2.70. The number of nitrogens with zero attached hydrogens (tertiary/aromatic N) is 1. The van der Waals surface area contributed by atoms with Crippen molar-refractivity contribution in [3.8, 4) is 0 Å². The van der Waals surface area contributed by atoms with Gasteiger partial charge in [0.15, 0.2) is 0 Å². The first-order valence-electron chi connectivity index (χ1n) is 9.44. The van der Waals surface area contributed by atoms with E-state index in [1.165, 1.54) is 5.56 Å². The zero-order valence-electron chi connectivity index (χ0n) is 16.2. The Morgan fingerprint density at radius 1 is 1.07 bits per heavy atom. The maximum Gasteiger partial charge on any atom is 0.240 e. The predicted octanol–water partition coefficient (Wildman–Crippen LogP) is 3.45. The van der Waals surface area contributed by atoms with Gasteiger partial charge in [-0.2, -0.15) is 0 Å². The third kappa shape index (κ3) is 5.37. The molecule has 1 aliphatic heterocycles. The van der Waals surface area contributed by atoms with E-state index in [0.717, 1.165) is 4.90 Å². The summed E-state index contributed by atoms with van der Waals surface area (Å²) in [6.45, 7) is 5.11. The van der Waals surface area contributed by atoms with Crippen molar-refractivity contribution in [3.05, 3.63) is 60.2 Å². The molecule has 0 aromatic heterocycles. The summed E-state index contributed by atoms with van der Waals surface area (Å²) < 4.78 is 27.7. The van der Waals surface area contributed by atoms with Crippen molar-refractivity contribution in [2.45, 2.75) is 47.8 Å². The summed E-state index contributed by atoms with van der Waals surface area (Å²) in [6.07, 6.45) is 1.25. The first-order valence-corrected chi connectivity index (χ1v) is 11.8. The quantitative estimate of drug-likeness (QED) is 0.730. The molecule has 2 aromatic rings. The van der Waals surface area contributed by atoms with Crippen LogP contribution in [-0.4, -0.2) is 43.6 Å². The molecule has 0 radical (unpaired) electrons. The Hall–Kier alpha value is -1.83. The largest absolute Gasteiger partial charge is 0.342 e. The highest BCUT2D eigenvalue weighted by Gasteiger charge is 2.28. The minimum absolute atomic E-state index is 0.106. The fraction of sp³-hybridized carbons (Fsp3) is 0.381.